The van der Waals surface area contributed by atoms with Gasteiger partial charge in [-0.1, -0.05) is 18.2 Å². The van der Waals surface area contributed by atoms with Gasteiger partial charge in [-0.25, -0.2) is 0 Å². The first-order valence-electron chi connectivity index (χ1n) is 5.48. The third-order valence-electron chi connectivity index (χ3n) is 2.72. The molecule has 0 radical (unpaired) electrons. The van der Waals surface area contributed by atoms with Crippen molar-refractivity contribution in [3.05, 3.63) is 48.8 Å². The summed E-state index contributed by atoms with van der Waals surface area (Å²) in [5.41, 5.74) is 1.07. The molecule has 1 aromatic carbocycles. The van der Waals surface area contributed by atoms with Crippen LogP contribution >= 0.6 is 0 Å². The van der Waals surface area contributed by atoms with Crippen molar-refractivity contribution in [2.45, 2.75) is 5.16 Å². The molecule has 0 saturated carbocycles. The molecule has 0 amide bonds. The van der Waals surface area contributed by atoms with Gasteiger partial charge < -0.3 is 9.12 Å². The van der Waals surface area contributed by atoms with E-state index >= 15 is 0 Å². The Balaban J connectivity index is 2.17. The van der Waals surface area contributed by atoms with Crippen LogP contribution in [0.5, 0.6) is 0 Å². The summed E-state index contributed by atoms with van der Waals surface area (Å²) >= 11 is -1.17. The van der Waals surface area contributed by atoms with E-state index in [1.807, 2.05) is 47.2 Å². The van der Waals surface area contributed by atoms with Crippen LogP contribution in [0.2, 0.25) is 0 Å². The minimum absolute atomic E-state index is 0.352. The lowest BCUT2D eigenvalue weighted by atomic mass is 10.2. The molecule has 0 saturated heterocycles. The Bertz CT molecular complexity index is 693. The lowest BCUT2D eigenvalue weighted by Crippen LogP contribution is -2.06. The van der Waals surface area contributed by atoms with Crippen LogP contribution in [-0.4, -0.2) is 25.3 Å². The molecule has 0 fully saturated rings. The van der Waals surface area contributed by atoms with Gasteiger partial charge in [0.1, 0.15) is 12.1 Å². The second-order valence-corrected chi connectivity index (χ2v) is 5.17. The lowest BCUT2D eigenvalue weighted by Gasteiger charge is -2.06. The molecule has 0 aliphatic heterocycles. The zero-order valence-electron chi connectivity index (χ0n) is 9.78. The summed E-state index contributed by atoms with van der Waals surface area (Å²) in [4.78, 5) is 8.32. The molecule has 3 aromatic rings. The molecule has 0 spiro atoms. The maximum absolute atomic E-state index is 11.4. The zero-order chi connectivity index (χ0) is 12.5. The van der Waals surface area contributed by atoms with Gasteiger partial charge in [0, 0.05) is 29.6 Å². The highest BCUT2D eigenvalue weighted by atomic mass is 32.2. The van der Waals surface area contributed by atoms with Gasteiger partial charge in [0.15, 0.2) is 0 Å². The normalized spacial score (nSPS) is 12.8. The van der Waals surface area contributed by atoms with Crippen LogP contribution in [0.1, 0.15) is 0 Å². The molecule has 2 aromatic heterocycles. The minimum atomic E-state index is -1.17. The molecule has 18 heavy (non-hydrogen) atoms. The summed E-state index contributed by atoms with van der Waals surface area (Å²) in [7, 11) is 0. The minimum Gasteiger partial charge on any atom is -0.609 e. The molecule has 1 unspecified atom stereocenters. The number of aromatic nitrogens is 3. The van der Waals surface area contributed by atoms with Gasteiger partial charge in [-0.15, -0.1) is 0 Å². The van der Waals surface area contributed by atoms with E-state index in [4.69, 9.17) is 0 Å². The van der Waals surface area contributed by atoms with Gasteiger partial charge in [0.25, 0.3) is 0 Å². The van der Waals surface area contributed by atoms with Crippen molar-refractivity contribution in [1.82, 2.24) is 14.5 Å². The summed E-state index contributed by atoms with van der Waals surface area (Å²) in [6, 6.07) is 11.9. The van der Waals surface area contributed by atoms with Crippen molar-refractivity contribution < 1.29 is 4.55 Å². The molecule has 4 nitrogen and oxygen atoms in total. The number of fused-ring (bicyclic) bond motifs is 1. The number of nitrogens with zero attached hydrogens (tertiary/aromatic N) is 3. The van der Waals surface area contributed by atoms with Crippen LogP contribution < -0.4 is 0 Å². The van der Waals surface area contributed by atoms with Crippen LogP contribution in [0.3, 0.4) is 0 Å². The fraction of sp³-hybridized carbons (Fsp3) is 0.0769. The Morgan fingerprint density at radius 3 is 2.83 bits per heavy atom. The van der Waals surface area contributed by atoms with Crippen molar-refractivity contribution in [2.24, 2.45) is 0 Å². The van der Waals surface area contributed by atoms with Crippen LogP contribution in [0.15, 0.2) is 53.9 Å². The van der Waals surface area contributed by atoms with E-state index in [-0.39, 0.29) is 0 Å². The highest BCUT2D eigenvalue weighted by Crippen LogP contribution is 2.19. The van der Waals surface area contributed by atoms with Crippen LogP contribution in [0.4, 0.5) is 0 Å². The molecule has 90 valence electrons. The quantitative estimate of drug-likeness (QED) is 0.522. The Morgan fingerprint density at radius 2 is 2.00 bits per heavy atom. The van der Waals surface area contributed by atoms with Gasteiger partial charge in [0.2, 0.25) is 0 Å². The van der Waals surface area contributed by atoms with E-state index in [0.29, 0.717) is 5.16 Å². The smallest absolute Gasteiger partial charge is 0.344 e. The summed E-state index contributed by atoms with van der Waals surface area (Å²) < 4.78 is 13.4. The molecule has 2 heterocycles. The van der Waals surface area contributed by atoms with E-state index in [1.165, 1.54) is 0 Å². The first-order valence-corrected chi connectivity index (χ1v) is 7.04. The molecule has 0 N–H and O–H groups in total. The van der Waals surface area contributed by atoms with Crippen molar-refractivity contribution in [2.75, 3.05) is 6.26 Å². The summed E-state index contributed by atoms with van der Waals surface area (Å²) in [5, 5.41) is 1.50. The van der Waals surface area contributed by atoms with Crippen molar-refractivity contribution in [3.8, 4) is 5.82 Å². The SMILES string of the molecule is C[S+]([O-])c1nccc(-n2ccc3ccccc32)n1. The Kier molecular flexibility index (Phi) is 2.77. The predicted octanol–water partition coefficient (Wildman–Crippen LogP) is 2.16. The molecule has 3 rings (SSSR count). The standard InChI is InChI=1S/C13H11N3OS/c1-18(17)13-14-8-6-12(15-13)16-9-7-10-4-2-3-5-11(10)16/h2-9H,1H3. The van der Waals surface area contributed by atoms with E-state index in [9.17, 15) is 4.55 Å². The highest BCUT2D eigenvalue weighted by molar-refractivity contribution is 7.90. The Morgan fingerprint density at radius 1 is 1.17 bits per heavy atom. The topological polar surface area (TPSA) is 53.8 Å². The molecule has 5 heteroatoms. The number of benzene rings is 1. The average molecular weight is 257 g/mol. The number of hydrogen-bond acceptors (Lipinski definition) is 3. The Hall–Kier alpha value is -1.85. The number of rotatable bonds is 2. The lowest BCUT2D eigenvalue weighted by molar-refractivity contribution is 0.591. The van der Waals surface area contributed by atoms with E-state index < -0.39 is 11.2 Å². The molecular formula is C13H11N3OS. The van der Waals surface area contributed by atoms with Crippen LogP contribution in [0.25, 0.3) is 16.7 Å². The number of para-hydroxylation sites is 1. The van der Waals surface area contributed by atoms with Crippen LogP contribution in [0, 0.1) is 0 Å². The largest absolute Gasteiger partial charge is 0.609 e. The van der Waals surface area contributed by atoms with Gasteiger partial charge in [-0.2, -0.15) is 9.97 Å². The molecule has 0 aliphatic carbocycles. The molecular weight excluding hydrogens is 246 g/mol. The third-order valence-corrected chi connectivity index (χ3v) is 3.43. The maximum atomic E-state index is 11.4. The first kappa shape index (κ1) is 11.3. The fourth-order valence-corrected chi connectivity index (χ4v) is 2.32. The summed E-state index contributed by atoms with van der Waals surface area (Å²) in [5.74, 6) is 0.733. The second-order valence-electron chi connectivity index (χ2n) is 3.90. The van der Waals surface area contributed by atoms with Crippen molar-refractivity contribution in [1.29, 1.82) is 0 Å². The summed E-state index contributed by atoms with van der Waals surface area (Å²) in [6.45, 7) is 0. The van der Waals surface area contributed by atoms with Gasteiger partial charge in [-0.05, 0) is 17.5 Å². The molecule has 0 aliphatic rings. The zero-order valence-corrected chi connectivity index (χ0v) is 10.6. The van der Waals surface area contributed by atoms with E-state index in [2.05, 4.69) is 9.97 Å². The first-order chi connectivity index (χ1) is 8.75. The van der Waals surface area contributed by atoms with Gasteiger partial charge in [0.05, 0.1) is 5.52 Å². The van der Waals surface area contributed by atoms with E-state index in [0.717, 1.165) is 16.7 Å². The number of hydrogen-bond donors (Lipinski definition) is 0. The molecule has 0 bridgehead atoms. The fourth-order valence-electron chi connectivity index (χ4n) is 1.89. The third kappa shape index (κ3) is 1.87. The van der Waals surface area contributed by atoms with Gasteiger partial charge >= 0.3 is 5.16 Å². The molecule has 1 atom stereocenters. The van der Waals surface area contributed by atoms with Crippen molar-refractivity contribution in [3.63, 3.8) is 0 Å². The monoisotopic (exact) mass is 257 g/mol. The summed E-state index contributed by atoms with van der Waals surface area (Å²) in [6.07, 6.45) is 5.16. The van der Waals surface area contributed by atoms with Gasteiger partial charge in [-0.3, -0.25) is 0 Å². The predicted molar refractivity (Wildman–Crippen MR) is 71.2 cm³/mol. The highest BCUT2D eigenvalue weighted by Gasteiger charge is 2.10. The Labute approximate surface area is 107 Å². The average Bonchev–Trinajstić information content (AvgIpc) is 2.82. The van der Waals surface area contributed by atoms with Crippen molar-refractivity contribution >= 4 is 22.1 Å². The van der Waals surface area contributed by atoms with Crippen LogP contribution in [-0.2, 0) is 11.2 Å². The maximum Gasteiger partial charge on any atom is 0.344 e. The van der Waals surface area contributed by atoms with E-state index in [1.54, 1.807) is 12.5 Å². The second kappa shape index (κ2) is 4.44.